The summed E-state index contributed by atoms with van der Waals surface area (Å²) in [5.41, 5.74) is -0.268. The molecule has 0 radical (unpaired) electrons. The maximum Gasteiger partial charge on any atom is 0.123 e. The molecule has 0 bridgehead atoms. The second kappa shape index (κ2) is 5.55. The lowest BCUT2D eigenvalue weighted by Crippen LogP contribution is -2.24. The maximum atomic E-state index is 12.7. The van der Waals surface area contributed by atoms with Crippen LogP contribution in [0.3, 0.4) is 0 Å². The largest absolute Gasteiger partial charge is 0.379 e. The molecule has 0 aliphatic carbocycles. The van der Waals surface area contributed by atoms with E-state index >= 15 is 0 Å². The Morgan fingerprint density at radius 1 is 1.31 bits per heavy atom. The Morgan fingerprint density at radius 3 is 2.38 bits per heavy atom. The summed E-state index contributed by atoms with van der Waals surface area (Å²) in [6, 6.07) is 5.78. The highest BCUT2D eigenvalue weighted by molar-refractivity contribution is 7.85. The molecule has 1 rings (SSSR count). The van der Waals surface area contributed by atoms with E-state index in [9.17, 15) is 8.60 Å². The maximum absolute atomic E-state index is 12.7. The zero-order valence-corrected chi connectivity index (χ0v) is 10.6. The summed E-state index contributed by atoms with van der Waals surface area (Å²) in [5.74, 6) is 0.213. The van der Waals surface area contributed by atoms with Gasteiger partial charge < -0.3 is 4.74 Å². The molecule has 0 amide bonds. The average molecular weight is 244 g/mol. The quantitative estimate of drug-likeness (QED) is 0.796. The summed E-state index contributed by atoms with van der Waals surface area (Å²) in [5, 5.41) is 0. The summed E-state index contributed by atoms with van der Waals surface area (Å²) < 4.78 is 29.8. The molecule has 0 saturated heterocycles. The molecular formula is C12H17FO2S. The van der Waals surface area contributed by atoms with Crippen LogP contribution in [0.5, 0.6) is 0 Å². The van der Waals surface area contributed by atoms with Gasteiger partial charge in [0.1, 0.15) is 5.82 Å². The van der Waals surface area contributed by atoms with E-state index in [1.54, 1.807) is 19.2 Å². The Bertz CT molecular complexity index is 360. The topological polar surface area (TPSA) is 26.3 Å². The standard InChI is InChI=1S/C12H17FO2S/c1-12(2,15-3)8-9-16(14)11-6-4-10(13)5-7-11/h4-7H,8-9H2,1-3H3. The second-order valence-electron chi connectivity index (χ2n) is 4.22. The van der Waals surface area contributed by atoms with Crippen molar-refractivity contribution in [1.29, 1.82) is 0 Å². The lowest BCUT2D eigenvalue weighted by Gasteiger charge is -2.22. The number of benzene rings is 1. The molecule has 1 atom stereocenters. The Labute approximate surface area is 98.3 Å². The highest BCUT2D eigenvalue weighted by atomic mass is 32.2. The first-order valence-electron chi connectivity index (χ1n) is 5.14. The minimum atomic E-state index is -1.09. The Hall–Kier alpha value is -0.740. The molecule has 90 valence electrons. The zero-order valence-electron chi connectivity index (χ0n) is 9.83. The molecule has 0 spiro atoms. The average Bonchev–Trinajstić information content (AvgIpc) is 2.27. The zero-order chi connectivity index (χ0) is 12.2. The Morgan fingerprint density at radius 2 is 1.88 bits per heavy atom. The van der Waals surface area contributed by atoms with Crippen LogP contribution >= 0.6 is 0 Å². The van der Waals surface area contributed by atoms with Gasteiger partial charge in [0.2, 0.25) is 0 Å². The van der Waals surface area contributed by atoms with Gasteiger partial charge in [0, 0.05) is 17.8 Å². The minimum absolute atomic E-state index is 0.268. The fraction of sp³-hybridized carbons (Fsp3) is 0.500. The van der Waals surface area contributed by atoms with Crippen molar-refractivity contribution in [2.75, 3.05) is 12.9 Å². The number of methoxy groups -OCH3 is 1. The van der Waals surface area contributed by atoms with Gasteiger partial charge >= 0.3 is 0 Å². The van der Waals surface area contributed by atoms with Crippen molar-refractivity contribution in [3.05, 3.63) is 30.1 Å². The molecule has 1 aromatic carbocycles. The number of hydrogen-bond acceptors (Lipinski definition) is 2. The van der Waals surface area contributed by atoms with E-state index in [0.717, 1.165) is 0 Å². The van der Waals surface area contributed by atoms with Crippen LogP contribution in [0, 0.1) is 5.82 Å². The molecule has 16 heavy (non-hydrogen) atoms. The molecule has 0 heterocycles. The molecule has 0 N–H and O–H groups in total. The van der Waals surface area contributed by atoms with Crippen LogP contribution in [0.4, 0.5) is 4.39 Å². The van der Waals surface area contributed by atoms with Crippen LogP contribution in [-0.2, 0) is 15.5 Å². The predicted octanol–water partition coefficient (Wildman–Crippen LogP) is 2.75. The fourth-order valence-electron chi connectivity index (χ4n) is 1.14. The van der Waals surface area contributed by atoms with Gasteiger partial charge in [-0.05, 0) is 44.5 Å². The van der Waals surface area contributed by atoms with Gasteiger partial charge in [-0.15, -0.1) is 0 Å². The predicted molar refractivity (Wildman–Crippen MR) is 63.4 cm³/mol. The van der Waals surface area contributed by atoms with Crippen LogP contribution in [0.2, 0.25) is 0 Å². The van der Waals surface area contributed by atoms with Crippen molar-refractivity contribution in [1.82, 2.24) is 0 Å². The molecule has 0 aliphatic heterocycles. The van der Waals surface area contributed by atoms with Crippen LogP contribution in [0.25, 0.3) is 0 Å². The fourth-order valence-corrected chi connectivity index (χ4v) is 2.50. The van der Waals surface area contributed by atoms with Gasteiger partial charge in [0.25, 0.3) is 0 Å². The second-order valence-corrected chi connectivity index (χ2v) is 5.79. The van der Waals surface area contributed by atoms with E-state index in [1.165, 1.54) is 12.1 Å². The summed E-state index contributed by atoms with van der Waals surface area (Å²) >= 11 is 0. The van der Waals surface area contributed by atoms with Gasteiger partial charge in [0.05, 0.1) is 16.4 Å². The number of halogens is 1. The Kier molecular flexibility index (Phi) is 4.62. The van der Waals surface area contributed by atoms with Gasteiger partial charge in [-0.3, -0.25) is 4.21 Å². The van der Waals surface area contributed by atoms with Crippen LogP contribution in [0.1, 0.15) is 20.3 Å². The third kappa shape index (κ3) is 4.02. The van der Waals surface area contributed by atoms with Crippen LogP contribution < -0.4 is 0 Å². The lowest BCUT2D eigenvalue weighted by atomic mass is 10.1. The lowest BCUT2D eigenvalue weighted by molar-refractivity contribution is 0.0205. The van der Waals surface area contributed by atoms with Gasteiger partial charge in [-0.1, -0.05) is 0 Å². The SMILES string of the molecule is COC(C)(C)CCS(=O)c1ccc(F)cc1. The summed E-state index contributed by atoms with van der Waals surface area (Å²) in [6.07, 6.45) is 0.702. The van der Waals surface area contributed by atoms with Crippen molar-refractivity contribution < 1.29 is 13.3 Å². The van der Waals surface area contributed by atoms with Crippen molar-refractivity contribution in [2.45, 2.75) is 30.8 Å². The number of hydrogen-bond donors (Lipinski definition) is 0. The number of ether oxygens (including phenoxy) is 1. The third-order valence-electron chi connectivity index (χ3n) is 2.52. The van der Waals surface area contributed by atoms with Crippen molar-refractivity contribution in [3.8, 4) is 0 Å². The van der Waals surface area contributed by atoms with Crippen LogP contribution in [0.15, 0.2) is 29.2 Å². The van der Waals surface area contributed by atoms with E-state index in [1.807, 2.05) is 13.8 Å². The van der Waals surface area contributed by atoms with Gasteiger partial charge in [0.15, 0.2) is 0 Å². The molecule has 0 saturated carbocycles. The van der Waals surface area contributed by atoms with Gasteiger partial charge in [-0.25, -0.2) is 4.39 Å². The number of rotatable bonds is 5. The van der Waals surface area contributed by atoms with Crippen molar-refractivity contribution >= 4 is 10.8 Å². The highest BCUT2D eigenvalue weighted by Crippen LogP contribution is 2.16. The molecule has 2 nitrogen and oxygen atoms in total. The highest BCUT2D eigenvalue weighted by Gasteiger charge is 2.17. The first-order chi connectivity index (χ1) is 7.44. The summed E-state index contributed by atoms with van der Waals surface area (Å²) in [7, 11) is 0.553. The summed E-state index contributed by atoms with van der Waals surface area (Å²) in [6.45, 7) is 3.91. The molecular weight excluding hydrogens is 227 g/mol. The summed E-state index contributed by atoms with van der Waals surface area (Å²) in [4.78, 5) is 0.660. The van der Waals surface area contributed by atoms with Crippen molar-refractivity contribution in [3.63, 3.8) is 0 Å². The monoisotopic (exact) mass is 244 g/mol. The normalized spacial score (nSPS) is 13.8. The van der Waals surface area contributed by atoms with Crippen molar-refractivity contribution in [2.24, 2.45) is 0 Å². The molecule has 1 aromatic rings. The third-order valence-corrected chi connectivity index (χ3v) is 3.89. The minimum Gasteiger partial charge on any atom is -0.379 e. The van der Waals surface area contributed by atoms with E-state index in [2.05, 4.69) is 0 Å². The first-order valence-corrected chi connectivity index (χ1v) is 6.45. The van der Waals surface area contributed by atoms with E-state index < -0.39 is 10.8 Å². The van der Waals surface area contributed by atoms with E-state index in [0.29, 0.717) is 17.1 Å². The molecule has 0 fully saturated rings. The van der Waals surface area contributed by atoms with Crippen LogP contribution in [-0.4, -0.2) is 22.7 Å². The Balaban J connectivity index is 2.56. The van der Waals surface area contributed by atoms with E-state index in [4.69, 9.17) is 4.74 Å². The smallest absolute Gasteiger partial charge is 0.123 e. The van der Waals surface area contributed by atoms with E-state index in [-0.39, 0.29) is 11.4 Å². The first kappa shape index (κ1) is 13.3. The van der Waals surface area contributed by atoms with Gasteiger partial charge in [-0.2, -0.15) is 0 Å². The molecule has 0 aromatic heterocycles. The molecule has 1 unspecified atom stereocenters. The molecule has 0 aliphatic rings. The molecule has 4 heteroatoms.